The summed E-state index contributed by atoms with van der Waals surface area (Å²) in [5.74, 6) is -19.2. The number of aromatic hydroxyl groups is 11. The van der Waals surface area contributed by atoms with Crippen LogP contribution in [0.2, 0.25) is 0 Å². The number of hydrogen-bond donors (Lipinski definition) is 16. The van der Waals surface area contributed by atoms with Gasteiger partial charge in [-0.2, -0.15) is 0 Å². The second-order valence-electron chi connectivity index (χ2n) is 14.3. The first-order valence-electron chi connectivity index (χ1n) is 17.9. The molecule has 8 aromatic rings. The number of aliphatic hydroxyl groups is 5. The summed E-state index contributed by atoms with van der Waals surface area (Å²) in [5, 5.41) is 174. The van der Waals surface area contributed by atoms with Gasteiger partial charge < -0.3 is 86.1 Å². The smallest absolute Gasteiger partial charge is 0.208 e. The lowest BCUT2D eigenvalue weighted by atomic mass is 9.80. The SMILES string of the molecule is OC1=C(O)C(O)C(c2c(O)c(O)c(-c3c4ccccc4c(-c4cccc(-c5c(O)c(O)c(O)c(O)c5O)c4)c4ccccc34)c3c2oc2c(O)c(O)c(O)c(O)c23)C(O)=C1O. The number of rotatable bonds is 4. The number of fused-ring (bicyclic) bond motifs is 5. The standard InChI is InChI=1S/C44H30O17/c45-27-20(28(46)35(53)39(57)34(27)52)14-7-5-6-13(12-14)19-15-8-1-3-10-17(15)21(18-11-4-2-9-16(18)19)22-23-25-33(51)38(56)41(59)42(60)44(25)61-43(23)26(32(50)29(22)47)24-30(48)36(54)40(58)37(55)31(24)49/h1-12,24,30,45-60H. The van der Waals surface area contributed by atoms with Crippen LogP contribution in [0.3, 0.4) is 0 Å². The van der Waals surface area contributed by atoms with E-state index in [1.807, 2.05) is 0 Å². The first-order chi connectivity index (χ1) is 29.0. The van der Waals surface area contributed by atoms with Crippen molar-refractivity contribution in [2.45, 2.75) is 12.0 Å². The van der Waals surface area contributed by atoms with E-state index in [1.165, 1.54) is 12.1 Å². The maximum Gasteiger partial charge on any atom is 0.208 e. The molecule has 0 amide bonds. The van der Waals surface area contributed by atoms with Gasteiger partial charge in [-0.05, 0) is 44.3 Å². The highest BCUT2D eigenvalue weighted by molar-refractivity contribution is 6.28. The van der Waals surface area contributed by atoms with Crippen LogP contribution in [0, 0.1) is 0 Å². The van der Waals surface area contributed by atoms with E-state index < -0.39 is 131 Å². The Morgan fingerprint density at radius 3 is 1.36 bits per heavy atom. The van der Waals surface area contributed by atoms with E-state index >= 15 is 0 Å². The molecule has 1 aliphatic carbocycles. The van der Waals surface area contributed by atoms with Crippen LogP contribution in [0.15, 0.2) is 100 Å². The highest BCUT2D eigenvalue weighted by Gasteiger charge is 2.44. The molecular weight excluding hydrogens is 800 g/mol. The summed E-state index contributed by atoms with van der Waals surface area (Å²) in [6, 6.07) is 19.4. The van der Waals surface area contributed by atoms with Crippen molar-refractivity contribution in [1.82, 2.24) is 0 Å². The quantitative estimate of drug-likeness (QED) is 0.0457. The molecule has 2 unspecified atom stereocenters. The average molecular weight is 831 g/mol. The molecule has 0 spiro atoms. The molecule has 7 aromatic carbocycles. The Morgan fingerprint density at radius 2 is 0.803 bits per heavy atom. The number of furan rings is 1. The van der Waals surface area contributed by atoms with Crippen molar-refractivity contribution in [3.63, 3.8) is 0 Å². The summed E-state index contributed by atoms with van der Waals surface area (Å²) in [4.78, 5) is 0. The van der Waals surface area contributed by atoms with E-state index in [-0.39, 0.29) is 16.7 Å². The second kappa shape index (κ2) is 12.9. The molecule has 1 heterocycles. The van der Waals surface area contributed by atoms with Gasteiger partial charge >= 0.3 is 0 Å². The molecule has 17 heteroatoms. The van der Waals surface area contributed by atoms with Crippen LogP contribution >= 0.6 is 0 Å². The van der Waals surface area contributed by atoms with Crippen molar-refractivity contribution >= 4 is 43.5 Å². The Hall–Kier alpha value is -8.70. The summed E-state index contributed by atoms with van der Waals surface area (Å²) in [7, 11) is 0. The molecule has 0 saturated heterocycles. The Kier molecular flexibility index (Phi) is 8.01. The van der Waals surface area contributed by atoms with Crippen molar-refractivity contribution in [1.29, 1.82) is 0 Å². The van der Waals surface area contributed by atoms with E-state index in [1.54, 1.807) is 60.7 Å². The molecule has 1 aromatic heterocycles. The molecule has 308 valence electrons. The summed E-state index contributed by atoms with van der Waals surface area (Å²) in [5.41, 5.74) is -1.74. The minimum Gasteiger partial charge on any atom is -0.508 e. The molecule has 9 rings (SSSR count). The maximum atomic E-state index is 12.2. The second-order valence-corrected chi connectivity index (χ2v) is 14.3. The van der Waals surface area contributed by atoms with Crippen LogP contribution in [0.4, 0.5) is 0 Å². The Morgan fingerprint density at radius 1 is 0.361 bits per heavy atom. The fraction of sp³-hybridized carbons (Fsp3) is 0.0455. The fourth-order valence-electron chi connectivity index (χ4n) is 8.34. The zero-order chi connectivity index (χ0) is 43.7. The topological polar surface area (TPSA) is 337 Å². The van der Waals surface area contributed by atoms with Gasteiger partial charge in [0.05, 0.1) is 22.4 Å². The Bertz CT molecular complexity index is 3250. The van der Waals surface area contributed by atoms with Crippen LogP contribution < -0.4 is 0 Å². The lowest BCUT2D eigenvalue weighted by Crippen LogP contribution is -2.29. The molecule has 0 saturated carbocycles. The minimum atomic E-state index is -2.32. The molecule has 2 atom stereocenters. The van der Waals surface area contributed by atoms with E-state index in [4.69, 9.17) is 4.42 Å². The summed E-state index contributed by atoms with van der Waals surface area (Å²) >= 11 is 0. The number of phenols is 11. The van der Waals surface area contributed by atoms with Crippen molar-refractivity contribution in [2.75, 3.05) is 0 Å². The van der Waals surface area contributed by atoms with Gasteiger partial charge in [0.2, 0.25) is 40.3 Å². The van der Waals surface area contributed by atoms with Gasteiger partial charge in [0.1, 0.15) is 17.4 Å². The lowest BCUT2D eigenvalue weighted by molar-refractivity contribution is 0.0899. The molecule has 0 bridgehead atoms. The van der Waals surface area contributed by atoms with Gasteiger partial charge in [0, 0.05) is 16.5 Å². The predicted octanol–water partition coefficient (Wildman–Crippen LogP) is 7.77. The molecule has 0 fully saturated rings. The van der Waals surface area contributed by atoms with Gasteiger partial charge in [0.15, 0.2) is 45.8 Å². The van der Waals surface area contributed by atoms with Gasteiger partial charge in [-0.25, -0.2) is 0 Å². The zero-order valence-electron chi connectivity index (χ0n) is 30.6. The first kappa shape index (κ1) is 37.9. The van der Waals surface area contributed by atoms with Gasteiger partial charge in [0.25, 0.3) is 0 Å². The van der Waals surface area contributed by atoms with E-state index in [0.717, 1.165) is 0 Å². The largest absolute Gasteiger partial charge is 0.508 e. The number of aliphatic hydroxyl groups excluding tert-OH is 5. The molecule has 0 aliphatic heterocycles. The molecule has 16 N–H and O–H groups in total. The van der Waals surface area contributed by atoms with Crippen LogP contribution in [0.1, 0.15) is 11.5 Å². The maximum absolute atomic E-state index is 12.2. The molecule has 61 heavy (non-hydrogen) atoms. The van der Waals surface area contributed by atoms with Crippen LogP contribution in [0.25, 0.3) is 76.9 Å². The average Bonchev–Trinajstić information content (AvgIpc) is 3.66. The summed E-state index contributed by atoms with van der Waals surface area (Å²) in [6.07, 6.45) is -2.32. The van der Waals surface area contributed by atoms with Crippen LogP contribution in [0.5, 0.6) is 63.2 Å². The molecule has 17 nitrogen and oxygen atoms in total. The van der Waals surface area contributed by atoms with Crippen molar-refractivity contribution in [3.8, 4) is 96.6 Å². The molecular formula is C44H30O17. The first-order valence-corrected chi connectivity index (χ1v) is 17.9. The number of phenolic OH excluding ortho intramolecular Hbond substituents is 11. The van der Waals surface area contributed by atoms with E-state index in [9.17, 15) is 81.7 Å². The third-order valence-corrected chi connectivity index (χ3v) is 11.1. The Labute approximate surface area is 339 Å². The minimum absolute atomic E-state index is 0.0841. The Balaban J connectivity index is 1.44. The monoisotopic (exact) mass is 830 g/mol. The van der Waals surface area contributed by atoms with E-state index in [2.05, 4.69) is 0 Å². The van der Waals surface area contributed by atoms with Crippen LogP contribution in [-0.4, -0.2) is 87.8 Å². The van der Waals surface area contributed by atoms with Gasteiger partial charge in [-0.3, -0.25) is 0 Å². The van der Waals surface area contributed by atoms with Crippen molar-refractivity contribution in [2.24, 2.45) is 0 Å². The van der Waals surface area contributed by atoms with Gasteiger partial charge in [-0.1, -0.05) is 66.7 Å². The highest BCUT2D eigenvalue weighted by Crippen LogP contribution is 2.61. The summed E-state index contributed by atoms with van der Waals surface area (Å²) in [6.45, 7) is 0. The number of benzene rings is 7. The third-order valence-electron chi connectivity index (χ3n) is 11.1. The van der Waals surface area contributed by atoms with E-state index in [0.29, 0.717) is 32.7 Å². The normalized spacial score (nSPS) is 15.8. The van der Waals surface area contributed by atoms with Gasteiger partial charge in [-0.15, -0.1) is 0 Å². The fourth-order valence-corrected chi connectivity index (χ4v) is 8.34. The molecule has 1 aliphatic rings. The molecule has 0 radical (unpaired) electrons. The number of hydrogen-bond acceptors (Lipinski definition) is 17. The lowest BCUT2D eigenvalue weighted by Gasteiger charge is -2.28. The van der Waals surface area contributed by atoms with Crippen molar-refractivity contribution < 1.29 is 86.1 Å². The highest BCUT2D eigenvalue weighted by atomic mass is 16.4. The summed E-state index contributed by atoms with van der Waals surface area (Å²) < 4.78 is 5.96. The van der Waals surface area contributed by atoms with Crippen molar-refractivity contribution in [3.05, 3.63) is 101 Å². The predicted molar refractivity (Wildman–Crippen MR) is 217 cm³/mol. The van der Waals surface area contributed by atoms with Crippen LogP contribution in [-0.2, 0) is 0 Å². The third kappa shape index (κ3) is 4.91. The zero-order valence-corrected chi connectivity index (χ0v) is 30.6.